The van der Waals surface area contributed by atoms with Crippen molar-refractivity contribution in [2.45, 2.75) is 25.8 Å². The number of hydrogen-bond donors (Lipinski definition) is 1. The summed E-state index contributed by atoms with van der Waals surface area (Å²) in [6, 6.07) is 16.2. The summed E-state index contributed by atoms with van der Waals surface area (Å²) >= 11 is 5.82. The molecule has 0 bridgehead atoms. The van der Waals surface area contributed by atoms with E-state index in [-0.39, 0.29) is 37.2 Å². The number of esters is 1. The highest BCUT2D eigenvalue weighted by Gasteiger charge is 2.16. The highest BCUT2D eigenvalue weighted by Crippen LogP contribution is 2.10. The number of ether oxygens (including phenoxy) is 1. The third kappa shape index (κ3) is 7.95. The first-order valence-corrected chi connectivity index (χ1v) is 9.79. The Hall–Kier alpha value is -2.86. The Morgan fingerprint density at radius 1 is 1.00 bits per heavy atom. The van der Waals surface area contributed by atoms with Gasteiger partial charge in [0, 0.05) is 36.6 Å². The van der Waals surface area contributed by atoms with E-state index in [2.05, 4.69) is 10.1 Å². The molecule has 0 saturated carbocycles. The minimum atomic E-state index is -0.355. The first-order valence-electron chi connectivity index (χ1n) is 9.42. The second kappa shape index (κ2) is 11.9. The van der Waals surface area contributed by atoms with Gasteiger partial charge >= 0.3 is 5.97 Å². The average molecular weight is 417 g/mol. The molecule has 6 nitrogen and oxygen atoms in total. The number of methoxy groups -OCH3 is 1. The number of halogens is 1. The Labute approximate surface area is 175 Å². The van der Waals surface area contributed by atoms with Crippen molar-refractivity contribution in [1.82, 2.24) is 10.2 Å². The van der Waals surface area contributed by atoms with Gasteiger partial charge in [0.15, 0.2) is 0 Å². The molecule has 0 spiro atoms. The second-order valence-electron chi connectivity index (χ2n) is 6.49. The molecule has 2 rings (SSSR count). The molecular weight excluding hydrogens is 392 g/mol. The molecule has 0 fully saturated rings. The molecule has 0 unspecified atom stereocenters. The summed E-state index contributed by atoms with van der Waals surface area (Å²) in [7, 11) is 1.33. The number of amides is 2. The van der Waals surface area contributed by atoms with E-state index in [1.807, 2.05) is 30.3 Å². The summed E-state index contributed by atoms with van der Waals surface area (Å²) in [6.45, 7) is 1.09. The lowest BCUT2D eigenvalue weighted by molar-refractivity contribution is -0.142. The number of carbonyl (C=O) groups excluding carboxylic acids is 3. The van der Waals surface area contributed by atoms with E-state index < -0.39 is 0 Å². The van der Waals surface area contributed by atoms with Crippen LogP contribution < -0.4 is 5.32 Å². The molecule has 1 N–H and O–H groups in total. The summed E-state index contributed by atoms with van der Waals surface area (Å²) in [6.07, 6.45) is 0.916. The number of nitrogens with one attached hydrogen (secondary N) is 1. The zero-order valence-corrected chi connectivity index (χ0v) is 17.2. The molecule has 0 aromatic heterocycles. The molecule has 0 aliphatic rings. The fourth-order valence-corrected chi connectivity index (χ4v) is 2.85. The molecule has 0 radical (unpaired) electrons. The number of benzene rings is 2. The van der Waals surface area contributed by atoms with Gasteiger partial charge in [-0.05, 0) is 36.2 Å². The molecule has 0 saturated heterocycles. The smallest absolute Gasteiger partial charge is 0.307 e. The third-order valence-corrected chi connectivity index (χ3v) is 4.59. The van der Waals surface area contributed by atoms with Crippen LogP contribution in [-0.2, 0) is 20.9 Å². The SMILES string of the molecule is COC(=O)CCN(Cc1ccccc1)C(=O)CCCNC(=O)c1ccc(Cl)cc1. The number of carbonyl (C=O) groups is 3. The topological polar surface area (TPSA) is 75.7 Å². The number of rotatable bonds is 10. The quantitative estimate of drug-likeness (QED) is 0.475. The van der Waals surface area contributed by atoms with Gasteiger partial charge in [-0.2, -0.15) is 0 Å². The summed E-state index contributed by atoms with van der Waals surface area (Å²) in [5, 5.41) is 3.36. The Bertz CT molecular complexity index is 809. The van der Waals surface area contributed by atoms with Gasteiger partial charge in [-0.1, -0.05) is 41.9 Å². The van der Waals surface area contributed by atoms with Crippen LogP contribution in [0.25, 0.3) is 0 Å². The van der Waals surface area contributed by atoms with Crippen LogP contribution in [0.4, 0.5) is 0 Å². The van der Waals surface area contributed by atoms with E-state index in [1.54, 1.807) is 29.2 Å². The normalized spacial score (nSPS) is 10.3. The van der Waals surface area contributed by atoms with E-state index in [9.17, 15) is 14.4 Å². The van der Waals surface area contributed by atoms with Crippen LogP contribution in [-0.4, -0.2) is 42.9 Å². The van der Waals surface area contributed by atoms with Gasteiger partial charge in [0.25, 0.3) is 5.91 Å². The maximum absolute atomic E-state index is 12.6. The van der Waals surface area contributed by atoms with Gasteiger partial charge in [0.2, 0.25) is 5.91 Å². The molecule has 0 atom stereocenters. The molecule has 154 valence electrons. The fraction of sp³-hybridized carbons (Fsp3) is 0.318. The summed E-state index contributed by atoms with van der Waals surface area (Å²) in [4.78, 5) is 37.8. The molecule has 0 aliphatic heterocycles. The van der Waals surface area contributed by atoms with Gasteiger partial charge < -0.3 is 15.0 Å². The van der Waals surface area contributed by atoms with Crippen LogP contribution in [0.3, 0.4) is 0 Å². The highest BCUT2D eigenvalue weighted by molar-refractivity contribution is 6.30. The fourth-order valence-electron chi connectivity index (χ4n) is 2.73. The van der Waals surface area contributed by atoms with E-state index in [0.29, 0.717) is 30.1 Å². The van der Waals surface area contributed by atoms with E-state index in [0.717, 1.165) is 5.56 Å². The maximum atomic E-state index is 12.6. The average Bonchev–Trinajstić information content (AvgIpc) is 2.74. The number of hydrogen-bond acceptors (Lipinski definition) is 4. The van der Waals surface area contributed by atoms with E-state index in [4.69, 9.17) is 11.6 Å². The van der Waals surface area contributed by atoms with Crippen molar-refractivity contribution in [3.63, 3.8) is 0 Å². The lowest BCUT2D eigenvalue weighted by atomic mass is 10.2. The van der Waals surface area contributed by atoms with Crippen molar-refractivity contribution < 1.29 is 19.1 Å². The van der Waals surface area contributed by atoms with Crippen molar-refractivity contribution in [2.75, 3.05) is 20.2 Å². The Morgan fingerprint density at radius 3 is 2.34 bits per heavy atom. The van der Waals surface area contributed by atoms with Gasteiger partial charge in [0.05, 0.1) is 13.5 Å². The van der Waals surface area contributed by atoms with Crippen molar-refractivity contribution in [2.24, 2.45) is 0 Å². The molecule has 7 heteroatoms. The van der Waals surface area contributed by atoms with Gasteiger partial charge in [-0.3, -0.25) is 14.4 Å². The number of nitrogens with zero attached hydrogens (tertiary/aromatic N) is 1. The van der Waals surface area contributed by atoms with E-state index >= 15 is 0 Å². The predicted octanol–water partition coefficient (Wildman–Crippen LogP) is 3.44. The van der Waals surface area contributed by atoms with Crippen molar-refractivity contribution in [3.05, 3.63) is 70.7 Å². The van der Waals surface area contributed by atoms with Crippen LogP contribution in [0.2, 0.25) is 5.02 Å². The standard InChI is InChI=1S/C22H25ClN2O4/c1-29-21(27)13-15-25(16-17-6-3-2-4-7-17)20(26)8-5-14-24-22(28)18-9-11-19(23)12-10-18/h2-4,6-7,9-12H,5,8,13-16H2,1H3,(H,24,28). The lowest BCUT2D eigenvalue weighted by Crippen LogP contribution is -2.33. The molecule has 2 aromatic carbocycles. The highest BCUT2D eigenvalue weighted by atomic mass is 35.5. The Balaban J connectivity index is 1.83. The first kappa shape index (κ1) is 22.4. The maximum Gasteiger partial charge on any atom is 0.307 e. The molecule has 2 amide bonds. The van der Waals surface area contributed by atoms with Gasteiger partial charge in [-0.15, -0.1) is 0 Å². The zero-order valence-electron chi connectivity index (χ0n) is 16.4. The molecule has 29 heavy (non-hydrogen) atoms. The van der Waals surface area contributed by atoms with Crippen molar-refractivity contribution >= 4 is 29.4 Å². The molecule has 0 heterocycles. The monoisotopic (exact) mass is 416 g/mol. The van der Waals surface area contributed by atoms with Crippen molar-refractivity contribution in [1.29, 1.82) is 0 Å². The summed E-state index contributed by atoms with van der Waals surface area (Å²) < 4.78 is 4.67. The van der Waals surface area contributed by atoms with Crippen LogP contribution in [0, 0.1) is 0 Å². The first-order chi connectivity index (χ1) is 14.0. The largest absolute Gasteiger partial charge is 0.469 e. The Kier molecular flexibility index (Phi) is 9.18. The second-order valence-corrected chi connectivity index (χ2v) is 6.93. The minimum absolute atomic E-state index is 0.0708. The minimum Gasteiger partial charge on any atom is -0.469 e. The van der Waals surface area contributed by atoms with Crippen LogP contribution in [0.1, 0.15) is 35.2 Å². The van der Waals surface area contributed by atoms with Crippen LogP contribution >= 0.6 is 11.6 Å². The van der Waals surface area contributed by atoms with Crippen LogP contribution in [0.5, 0.6) is 0 Å². The summed E-state index contributed by atoms with van der Waals surface area (Å²) in [5.41, 5.74) is 1.51. The Morgan fingerprint density at radius 2 is 1.69 bits per heavy atom. The molecular formula is C22H25ClN2O4. The predicted molar refractivity (Wildman–Crippen MR) is 112 cm³/mol. The van der Waals surface area contributed by atoms with Gasteiger partial charge in [-0.25, -0.2) is 0 Å². The zero-order chi connectivity index (χ0) is 21.1. The van der Waals surface area contributed by atoms with Crippen molar-refractivity contribution in [3.8, 4) is 0 Å². The van der Waals surface area contributed by atoms with E-state index in [1.165, 1.54) is 7.11 Å². The summed E-state index contributed by atoms with van der Waals surface area (Å²) in [5.74, 6) is -0.634. The van der Waals surface area contributed by atoms with Gasteiger partial charge in [0.1, 0.15) is 0 Å². The molecule has 0 aliphatic carbocycles. The van der Waals surface area contributed by atoms with Crippen LogP contribution in [0.15, 0.2) is 54.6 Å². The molecule has 2 aromatic rings. The third-order valence-electron chi connectivity index (χ3n) is 4.34. The lowest BCUT2D eigenvalue weighted by Gasteiger charge is -2.22.